The number of aliphatic carboxylic acids is 1. The molecule has 1 N–H and O–H groups in total. The Kier molecular flexibility index (Phi) is 3.34. The maximum absolute atomic E-state index is 13.8. The van der Waals surface area contributed by atoms with Gasteiger partial charge in [-0.3, -0.25) is 4.90 Å². The van der Waals surface area contributed by atoms with Gasteiger partial charge in [-0.15, -0.1) is 0 Å². The predicted octanol–water partition coefficient (Wildman–Crippen LogP) is 2.36. The molecule has 98 valence electrons. The highest BCUT2D eigenvalue weighted by atomic mass is 19.1. The smallest absolute Gasteiger partial charge is 0.328 e. The average molecular weight is 255 g/mol. The zero-order chi connectivity index (χ0) is 13.3. The van der Waals surface area contributed by atoms with Crippen molar-refractivity contribution in [3.05, 3.63) is 35.4 Å². The van der Waals surface area contributed by atoms with Gasteiger partial charge in [0.1, 0.15) is 17.2 Å². The molecule has 0 aromatic heterocycles. The van der Waals surface area contributed by atoms with Gasteiger partial charge in [-0.1, -0.05) is 6.07 Å². The van der Waals surface area contributed by atoms with Crippen molar-refractivity contribution < 1.29 is 18.7 Å². The van der Waals surface area contributed by atoms with Crippen molar-refractivity contribution in [1.29, 1.82) is 0 Å². The van der Waals surface area contributed by atoms with Gasteiger partial charge >= 0.3 is 5.97 Å². The normalized spacial score (nSPS) is 19.7. The fourth-order valence-corrected chi connectivity index (χ4v) is 2.53. The van der Waals surface area contributed by atoms with E-state index in [2.05, 4.69) is 0 Å². The molecular weight excluding hydrogens is 240 g/mol. The summed E-state index contributed by atoms with van der Waals surface area (Å²) in [6.45, 7) is 2.44. The van der Waals surface area contributed by atoms with Crippen molar-refractivity contribution >= 4 is 5.97 Å². The summed E-state index contributed by atoms with van der Waals surface area (Å²) in [6.07, 6.45) is 1.69. The summed E-state index contributed by atoms with van der Waals surface area (Å²) < 4.78 is 27.7. The standard InChI is InChI=1S/C13H15F2NO2/c1-13(12(17)18,16-7-2-3-8-16)11-9(14)5-4-6-10(11)15/h4-6H,2-3,7-8H2,1H3,(H,17,18). The van der Waals surface area contributed by atoms with Gasteiger partial charge in [0.25, 0.3) is 0 Å². The SMILES string of the molecule is CC(C(=O)O)(c1c(F)cccc1F)N1CCCC1. The van der Waals surface area contributed by atoms with E-state index in [-0.39, 0.29) is 5.56 Å². The van der Waals surface area contributed by atoms with Crippen LogP contribution >= 0.6 is 0 Å². The molecule has 2 rings (SSSR count). The van der Waals surface area contributed by atoms with Crippen LogP contribution in [0.25, 0.3) is 0 Å². The first-order valence-electron chi connectivity index (χ1n) is 5.91. The van der Waals surface area contributed by atoms with E-state index < -0.39 is 23.1 Å². The van der Waals surface area contributed by atoms with E-state index >= 15 is 0 Å². The maximum atomic E-state index is 13.8. The first-order chi connectivity index (χ1) is 8.48. The lowest BCUT2D eigenvalue weighted by atomic mass is 9.89. The van der Waals surface area contributed by atoms with E-state index in [4.69, 9.17) is 0 Å². The van der Waals surface area contributed by atoms with Crippen LogP contribution < -0.4 is 0 Å². The van der Waals surface area contributed by atoms with E-state index in [9.17, 15) is 18.7 Å². The number of carboxylic acids is 1. The lowest BCUT2D eigenvalue weighted by Crippen LogP contribution is -2.49. The molecule has 0 saturated carbocycles. The van der Waals surface area contributed by atoms with Crippen LogP contribution in [0.2, 0.25) is 0 Å². The number of hydrogen-bond donors (Lipinski definition) is 1. The molecule has 1 saturated heterocycles. The lowest BCUT2D eigenvalue weighted by Gasteiger charge is -2.35. The summed E-state index contributed by atoms with van der Waals surface area (Å²) in [7, 11) is 0. The number of carbonyl (C=O) groups is 1. The van der Waals surface area contributed by atoms with Crippen LogP contribution in [0.5, 0.6) is 0 Å². The molecule has 0 radical (unpaired) electrons. The average Bonchev–Trinajstić information content (AvgIpc) is 2.81. The fourth-order valence-electron chi connectivity index (χ4n) is 2.53. The fraction of sp³-hybridized carbons (Fsp3) is 0.462. The van der Waals surface area contributed by atoms with E-state index in [1.807, 2.05) is 0 Å². The van der Waals surface area contributed by atoms with Crippen molar-refractivity contribution in [2.24, 2.45) is 0 Å². The number of nitrogens with zero attached hydrogens (tertiary/aromatic N) is 1. The molecule has 3 nitrogen and oxygen atoms in total. The molecule has 5 heteroatoms. The predicted molar refractivity (Wildman–Crippen MR) is 62.2 cm³/mol. The Bertz CT molecular complexity index is 452. The summed E-state index contributed by atoms with van der Waals surface area (Å²) in [5, 5.41) is 9.42. The number of hydrogen-bond acceptors (Lipinski definition) is 2. The Hall–Kier alpha value is -1.49. The zero-order valence-electron chi connectivity index (χ0n) is 10.1. The van der Waals surface area contributed by atoms with Gasteiger partial charge in [-0.2, -0.15) is 0 Å². The van der Waals surface area contributed by atoms with Crippen molar-refractivity contribution in [3.8, 4) is 0 Å². The molecule has 1 heterocycles. The summed E-state index contributed by atoms with van der Waals surface area (Å²) >= 11 is 0. The summed E-state index contributed by atoms with van der Waals surface area (Å²) in [6, 6.07) is 3.42. The third kappa shape index (κ3) is 1.88. The van der Waals surface area contributed by atoms with Crippen molar-refractivity contribution in [3.63, 3.8) is 0 Å². The Labute approximate surface area is 104 Å². The second-order valence-corrected chi connectivity index (χ2v) is 4.67. The highest BCUT2D eigenvalue weighted by Crippen LogP contribution is 2.35. The van der Waals surface area contributed by atoms with Crippen LogP contribution in [-0.4, -0.2) is 29.1 Å². The Morgan fingerprint density at radius 3 is 2.22 bits per heavy atom. The topological polar surface area (TPSA) is 40.5 Å². The van der Waals surface area contributed by atoms with Crippen LogP contribution in [0.1, 0.15) is 25.3 Å². The molecule has 1 aliphatic heterocycles. The minimum absolute atomic E-state index is 0.376. The molecule has 1 aromatic rings. The molecule has 1 aliphatic rings. The van der Waals surface area contributed by atoms with E-state index in [0.29, 0.717) is 13.1 Å². The van der Waals surface area contributed by atoms with Gasteiger partial charge in [-0.05, 0) is 45.0 Å². The van der Waals surface area contributed by atoms with E-state index in [0.717, 1.165) is 25.0 Å². The molecule has 1 atom stereocenters. The summed E-state index contributed by atoms with van der Waals surface area (Å²) in [4.78, 5) is 13.2. The number of carboxylic acid groups (broad SMARTS) is 1. The Morgan fingerprint density at radius 2 is 1.78 bits per heavy atom. The zero-order valence-corrected chi connectivity index (χ0v) is 10.1. The Morgan fingerprint density at radius 1 is 1.28 bits per heavy atom. The number of rotatable bonds is 3. The number of likely N-dealkylation sites (tertiary alicyclic amines) is 1. The van der Waals surface area contributed by atoms with Crippen molar-refractivity contribution in [2.75, 3.05) is 13.1 Å². The molecule has 1 aromatic carbocycles. The van der Waals surface area contributed by atoms with Crippen LogP contribution in [0, 0.1) is 11.6 Å². The molecule has 1 unspecified atom stereocenters. The van der Waals surface area contributed by atoms with Gasteiger partial charge in [0.05, 0.1) is 5.56 Å². The van der Waals surface area contributed by atoms with Gasteiger partial charge in [0, 0.05) is 0 Å². The monoisotopic (exact) mass is 255 g/mol. The third-order valence-corrected chi connectivity index (χ3v) is 3.60. The highest BCUT2D eigenvalue weighted by Gasteiger charge is 2.46. The minimum Gasteiger partial charge on any atom is -0.480 e. The Balaban J connectivity index is 2.57. The molecule has 1 fully saturated rings. The van der Waals surface area contributed by atoms with E-state index in [1.165, 1.54) is 13.0 Å². The van der Waals surface area contributed by atoms with Gasteiger partial charge < -0.3 is 5.11 Å². The summed E-state index contributed by atoms with van der Waals surface area (Å²) in [5.41, 5.74) is -2.02. The lowest BCUT2D eigenvalue weighted by molar-refractivity contribution is -0.151. The highest BCUT2D eigenvalue weighted by molar-refractivity contribution is 5.80. The van der Waals surface area contributed by atoms with Crippen molar-refractivity contribution in [1.82, 2.24) is 4.90 Å². The van der Waals surface area contributed by atoms with E-state index in [1.54, 1.807) is 4.90 Å². The van der Waals surface area contributed by atoms with Crippen LogP contribution in [0.3, 0.4) is 0 Å². The van der Waals surface area contributed by atoms with Crippen LogP contribution in [0.4, 0.5) is 8.78 Å². The number of halogens is 2. The van der Waals surface area contributed by atoms with Gasteiger partial charge in [0.2, 0.25) is 0 Å². The maximum Gasteiger partial charge on any atom is 0.328 e. The second kappa shape index (κ2) is 4.65. The molecular formula is C13H15F2NO2. The molecule has 0 bridgehead atoms. The minimum atomic E-state index is -1.65. The quantitative estimate of drug-likeness (QED) is 0.901. The number of benzene rings is 1. The third-order valence-electron chi connectivity index (χ3n) is 3.60. The summed E-state index contributed by atoms with van der Waals surface area (Å²) in [5.74, 6) is -2.85. The van der Waals surface area contributed by atoms with Crippen molar-refractivity contribution in [2.45, 2.75) is 25.3 Å². The molecule has 0 spiro atoms. The van der Waals surface area contributed by atoms with Gasteiger partial charge in [0.15, 0.2) is 0 Å². The largest absolute Gasteiger partial charge is 0.480 e. The van der Waals surface area contributed by atoms with Crippen LogP contribution in [-0.2, 0) is 10.3 Å². The molecule has 18 heavy (non-hydrogen) atoms. The molecule has 0 amide bonds. The van der Waals surface area contributed by atoms with Crippen LogP contribution in [0.15, 0.2) is 18.2 Å². The second-order valence-electron chi connectivity index (χ2n) is 4.67. The van der Waals surface area contributed by atoms with Gasteiger partial charge in [-0.25, -0.2) is 13.6 Å². The first-order valence-corrected chi connectivity index (χ1v) is 5.91. The molecule has 0 aliphatic carbocycles. The first kappa shape index (κ1) is 13.0.